The summed E-state index contributed by atoms with van der Waals surface area (Å²) in [6.07, 6.45) is 0.908. The minimum Gasteiger partial charge on any atom is -0.325 e. The molecule has 0 unspecified atom stereocenters. The summed E-state index contributed by atoms with van der Waals surface area (Å²) in [6, 6.07) is 19.5. The Hall–Kier alpha value is -3.43. The lowest BCUT2D eigenvalue weighted by Gasteiger charge is -2.10. The summed E-state index contributed by atoms with van der Waals surface area (Å²) >= 11 is 2.70. The summed E-state index contributed by atoms with van der Waals surface area (Å²) in [5.74, 6) is 0.526. The molecule has 0 aliphatic carbocycles. The number of hydrogen-bond acceptors (Lipinski definition) is 6. The number of carbonyl (C=O) groups is 1. The molecule has 0 atom stereocenters. The first-order chi connectivity index (χ1) is 16.1. The van der Waals surface area contributed by atoms with Gasteiger partial charge in [0, 0.05) is 5.69 Å². The Kier molecular flexibility index (Phi) is 5.97. The lowest BCUT2D eigenvalue weighted by atomic mass is 10.1. The summed E-state index contributed by atoms with van der Waals surface area (Å²) in [5.41, 5.74) is 3.62. The Morgan fingerprint density at radius 2 is 1.88 bits per heavy atom. The van der Waals surface area contributed by atoms with Gasteiger partial charge in [-0.3, -0.25) is 18.6 Å². The Morgan fingerprint density at radius 3 is 2.70 bits per heavy atom. The third-order valence-corrected chi connectivity index (χ3v) is 7.14. The van der Waals surface area contributed by atoms with Gasteiger partial charge in [-0.25, -0.2) is 0 Å². The van der Waals surface area contributed by atoms with E-state index in [0.717, 1.165) is 23.2 Å². The highest BCUT2D eigenvalue weighted by Crippen LogP contribution is 2.25. The number of rotatable bonds is 7. The monoisotopic (exact) mass is 475 g/mol. The van der Waals surface area contributed by atoms with Crippen LogP contribution < -0.4 is 10.9 Å². The van der Waals surface area contributed by atoms with Crippen molar-refractivity contribution in [3.63, 3.8) is 0 Å². The summed E-state index contributed by atoms with van der Waals surface area (Å²) in [5, 5.41) is 14.0. The fourth-order valence-electron chi connectivity index (χ4n) is 3.70. The molecule has 0 saturated carbocycles. The standard InChI is InChI=1S/C24H21N5O2S2/c1-2-16-9-6-10-18(13-16)25-20(30)15-33-24-27-26-23-28(14-17-7-4-3-5-8-17)22(31)21-19(29(23)24)11-12-32-21/h3-13H,2,14-15H2,1H3,(H,25,30). The molecule has 5 aromatic rings. The molecule has 3 heterocycles. The van der Waals surface area contributed by atoms with Gasteiger partial charge in [0.25, 0.3) is 5.56 Å². The van der Waals surface area contributed by atoms with Crippen LogP contribution in [0.25, 0.3) is 16.0 Å². The largest absolute Gasteiger partial charge is 0.325 e. The number of aryl methyl sites for hydroxylation is 1. The van der Waals surface area contributed by atoms with Gasteiger partial charge < -0.3 is 5.32 Å². The van der Waals surface area contributed by atoms with Crippen LogP contribution >= 0.6 is 23.1 Å². The zero-order valence-electron chi connectivity index (χ0n) is 17.9. The molecule has 5 rings (SSSR count). The van der Waals surface area contributed by atoms with Crippen molar-refractivity contribution in [2.24, 2.45) is 0 Å². The van der Waals surface area contributed by atoms with Gasteiger partial charge in [-0.1, -0.05) is 61.2 Å². The number of thiophene rings is 1. The zero-order valence-corrected chi connectivity index (χ0v) is 19.5. The van der Waals surface area contributed by atoms with Gasteiger partial charge in [-0.2, -0.15) is 0 Å². The second kappa shape index (κ2) is 9.21. The van der Waals surface area contributed by atoms with Crippen LogP contribution in [-0.4, -0.2) is 30.8 Å². The van der Waals surface area contributed by atoms with Crippen LogP contribution in [0.4, 0.5) is 5.69 Å². The highest BCUT2D eigenvalue weighted by molar-refractivity contribution is 7.99. The van der Waals surface area contributed by atoms with Gasteiger partial charge in [0.2, 0.25) is 11.7 Å². The molecule has 0 saturated heterocycles. The molecule has 1 N–H and O–H groups in total. The number of amides is 1. The second-order valence-electron chi connectivity index (χ2n) is 7.52. The second-order valence-corrected chi connectivity index (χ2v) is 9.38. The molecule has 2 aromatic carbocycles. The number of benzene rings is 2. The topological polar surface area (TPSA) is 81.3 Å². The number of thioether (sulfide) groups is 1. The summed E-state index contributed by atoms with van der Waals surface area (Å²) in [7, 11) is 0. The molecule has 0 bridgehead atoms. The molecular formula is C24H21N5O2S2. The lowest BCUT2D eigenvalue weighted by Crippen LogP contribution is -2.23. The number of fused-ring (bicyclic) bond motifs is 3. The van der Waals surface area contributed by atoms with Crippen LogP contribution in [0.15, 0.2) is 76.0 Å². The number of nitrogens with one attached hydrogen (secondary N) is 1. The van der Waals surface area contributed by atoms with Crippen LogP contribution in [0.2, 0.25) is 0 Å². The van der Waals surface area contributed by atoms with Crippen molar-refractivity contribution in [1.82, 2.24) is 19.2 Å². The van der Waals surface area contributed by atoms with Gasteiger partial charge in [0.15, 0.2) is 5.16 Å². The first-order valence-corrected chi connectivity index (χ1v) is 12.4. The number of nitrogens with zero attached hydrogens (tertiary/aromatic N) is 4. The van der Waals surface area contributed by atoms with E-state index in [4.69, 9.17) is 0 Å². The van der Waals surface area contributed by atoms with Crippen molar-refractivity contribution in [3.05, 3.63) is 87.5 Å². The van der Waals surface area contributed by atoms with Gasteiger partial charge in [-0.15, -0.1) is 21.5 Å². The first-order valence-electron chi connectivity index (χ1n) is 10.5. The minimum atomic E-state index is -0.121. The van der Waals surface area contributed by atoms with Gasteiger partial charge in [-0.05, 0) is 41.1 Å². The van der Waals surface area contributed by atoms with E-state index < -0.39 is 0 Å². The number of aromatic nitrogens is 4. The average Bonchev–Trinajstić information content (AvgIpc) is 3.48. The van der Waals surface area contributed by atoms with E-state index in [1.807, 2.05) is 70.4 Å². The normalized spacial score (nSPS) is 11.3. The Bertz CT molecular complexity index is 1500. The Balaban J connectivity index is 1.44. The number of carbonyl (C=O) groups excluding carboxylic acids is 1. The third kappa shape index (κ3) is 4.29. The van der Waals surface area contributed by atoms with E-state index in [-0.39, 0.29) is 17.2 Å². The third-order valence-electron chi connectivity index (χ3n) is 5.32. The fourth-order valence-corrected chi connectivity index (χ4v) is 5.26. The molecular weight excluding hydrogens is 454 g/mol. The van der Waals surface area contributed by atoms with E-state index in [2.05, 4.69) is 22.4 Å². The highest BCUT2D eigenvalue weighted by Gasteiger charge is 2.18. The van der Waals surface area contributed by atoms with Gasteiger partial charge in [0.1, 0.15) is 4.70 Å². The number of anilines is 1. The van der Waals surface area contributed by atoms with Crippen LogP contribution in [0.1, 0.15) is 18.1 Å². The predicted molar refractivity (Wildman–Crippen MR) is 133 cm³/mol. The molecule has 0 aliphatic heterocycles. The SMILES string of the molecule is CCc1cccc(NC(=O)CSc2nnc3n(Cc4ccccc4)c(=O)c4sccc4n23)c1. The van der Waals surface area contributed by atoms with Crippen molar-refractivity contribution < 1.29 is 4.79 Å². The maximum absolute atomic E-state index is 13.2. The Labute approximate surface area is 198 Å². The minimum absolute atomic E-state index is 0.0890. The van der Waals surface area contributed by atoms with E-state index in [1.54, 1.807) is 4.57 Å². The molecule has 9 heteroatoms. The summed E-state index contributed by atoms with van der Waals surface area (Å²) in [4.78, 5) is 25.7. The molecule has 1 amide bonds. The maximum atomic E-state index is 13.2. The van der Waals surface area contributed by atoms with E-state index >= 15 is 0 Å². The molecule has 7 nitrogen and oxygen atoms in total. The van der Waals surface area contributed by atoms with Crippen LogP contribution in [0.5, 0.6) is 0 Å². The quantitative estimate of drug-likeness (QED) is 0.352. The Morgan fingerprint density at radius 1 is 1.06 bits per heavy atom. The van der Waals surface area contributed by atoms with Crippen molar-refractivity contribution >= 4 is 50.7 Å². The van der Waals surface area contributed by atoms with E-state index in [0.29, 0.717) is 22.2 Å². The van der Waals surface area contributed by atoms with Crippen LogP contribution in [0.3, 0.4) is 0 Å². The molecule has 0 fully saturated rings. The fraction of sp³-hybridized carbons (Fsp3) is 0.167. The van der Waals surface area contributed by atoms with E-state index in [9.17, 15) is 9.59 Å². The molecule has 166 valence electrons. The highest BCUT2D eigenvalue weighted by atomic mass is 32.2. The summed E-state index contributed by atoms with van der Waals surface area (Å²) < 4.78 is 4.15. The van der Waals surface area contributed by atoms with Gasteiger partial charge in [0.05, 0.1) is 17.8 Å². The zero-order chi connectivity index (χ0) is 22.8. The first kappa shape index (κ1) is 21.4. The molecule has 3 aromatic heterocycles. The predicted octanol–water partition coefficient (Wildman–Crippen LogP) is 4.45. The molecule has 0 spiro atoms. The van der Waals surface area contributed by atoms with Crippen molar-refractivity contribution in [2.75, 3.05) is 11.1 Å². The lowest BCUT2D eigenvalue weighted by molar-refractivity contribution is -0.113. The number of hydrogen-bond donors (Lipinski definition) is 1. The van der Waals surface area contributed by atoms with Crippen LogP contribution in [0, 0.1) is 0 Å². The van der Waals surface area contributed by atoms with Gasteiger partial charge >= 0.3 is 0 Å². The molecule has 33 heavy (non-hydrogen) atoms. The van der Waals surface area contributed by atoms with E-state index in [1.165, 1.54) is 28.7 Å². The molecule has 0 aliphatic rings. The van der Waals surface area contributed by atoms with Crippen molar-refractivity contribution in [3.8, 4) is 0 Å². The maximum Gasteiger partial charge on any atom is 0.273 e. The van der Waals surface area contributed by atoms with Crippen molar-refractivity contribution in [1.29, 1.82) is 0 Å². The summed E-state index contributed by atoms with van der Waals surface area (Å²) in [6.45, 7) is 2.48. The molecule has 0 radical (unpaired) electrons. The average molecular weight is 476 g/mol. The van der Waals surface area contributed by atoms with Crippen LogP contribution in [-0.2, 0) is 17.8 Å². The smallest absolute Gasteiger partial charge is 0.273 e. The van der Waals surface area contributed by atoms with Crippen molar-refractivity contribution in [2.45, 2.75) is 25.0 Å².